The number of carbonyl (C=O) groups excluding carboxylic acids is 1. The molecular weight excluding hydrogens is 295 g/mol. The number of amides is 1. The largest absolute Gasteiger partial charge is 0.481 e. The van der Waals surface area contributed by atoms with Gasteiger partial charge in [0.2, 0.25) is 0 Å². The minimum Gasteiger partial charge on any atom is -0.481 e. The molecule has 2 rings (SSSR count). The third-order valence-corrected chi connectivity index (χ3v) is 3.49. The van der Waals surface area contributed by atoms with Gasteiger partial charge in [0.15, 0.2) is 6.10 Å². The van der Waals surface area contributed by atoms with Crippen molar-refractivity contribution in [1.82, 2.24) is 10.6 Å². The van der Waals surface area contributed by atoms with Gasteiger partial charge in [-0.25, -0.2) is 4.39 Å². The Labute approximate surface area is 130 Å². The second-order valence-corrected chi connectivity index (χ2v) is 5.16. The number of carbonyl (C=O) groups is 1. The molecule has 0 bridgehead atoms. The predicted octanol–water partition coefficient (Wildman–Crippen LogP) is 2.13. The third kappa shape index (κ3) is 5.89. The van der Waals surface area contributed by atoms with Crippen LogP contribution in [0.15, 0.2) is 24.3 Å². The molecule has 21 heavy (non-hydrogen) atoms. The predicted molar refractivity (Wildman–Crippen MR) is 82.3 cm³/mol. The van der Waals surface area contributed by atoms with Crippen LogP contribution in [0.2, 0.25) is 0 Å². The molecule has 1 aromatic rings. The molecule has 0 radical (unpaired) electrons. The average molecular weight is 317 g/mol. The highest BCUT2D eigenvalue weighted by Crippen LogP contribution is 2.14. The van der Waals surface area contributed by atoms with E-state index in [1.807, 2.05) is 0 Å². The maximum absolute atomic E-state index is 13.0. The lowest BCUT2D eigenvalue weighted by Crippen LogP contribution is -2.37. The van der Waals surface area contributed by atoms with E-state index in [-0.39, 0.29) is 24.1 Å². The van der Waals surface area contributed by atoms with E-state index in [0.717, 1.165) is 19.5 Å². The van der Waals surface area contributed by atoms with Crippen LogP contribution in [0.25, 0.3) is 0 Å². The minimum atomic E-state index is -0.626. The topological polar surface area (TPSA) is 50.4 Å². The van der Waals surface area contributed by atoms with E-state index in [0.29, 0.717) is 18.2 Å². The molecule has 4 nitrogen and oxygen atoms in total. The van der Waals surface area contributed by atoms with Gasteiger partial charge < -0.3 is 15.4 Å². The lowest BCUT2D eigenvalue weighted by Gasteiger charge is -2.15. The summed E-state index contributed by atoms with van der Waals surface area (Å²) in [5.74, 6) is 0.478. The molecule has 1 fully saturated rings. The normalized spacial score (nSPS) is 18.7. The zero-order chi connectivity index (χ0) is 14.4. The van der Waals surface area contributed by atoms with Crippen molar-refractivity contribution < 1.29 is 13.9 Å². The molecule has 2 unspecified atom stereocenters. The van der Waals surface area contributed by atoms with Crippen molar-refractivity contribution in [2.75, 3.05) is 19.6 Å². The second kappa shape index (κ2) is 8.85. The van der Waals surface area contributed by atoms with Crippen molar-refractivity contribution >= 4 is 18.3 Å². The Morgan fingerprint density at radius 3 is 3.05 bits per heavy atom. The van der Waals surface area contributed by atoms with Crippen LogP contribution in [0, 0.1) is 11.7 Å². The summed E-state index contributed by atoms with van der Waals surface area (Å²) in [6.45, 7) is 4.42. The molecule has 6 heteroatoms. The van der Waals surface area contributed by atoms with E-state index < -0.39 is 6.10 Å². The highest BCUT2D eigenvalue weighted by atomic mass is 35.5. The van der Waals surface area contributed by atoms with E-state index in [4.69, 9.17) is 4.74 Å². The Hall–Kier alpha value is -1.33. The molecule has 0 aromatic heterocycles. The molecule has 1 aliphatic heterocycles. The summed E-state index contributed by atoms with van der Waals surface area (Å²) >= 11 is 0. The summed E-state index contributed by atoms with van der Waals surface area (Å²) in [7, 11) is 0. The monoisotopic (exact) mass is 316 g/mol. The standard InChI is InChI=1S/C15H21FN2O2.ClH/c1-11(20-14-4-2-3-13(16)9-14)15(19)18-8-6-12-5-7-17-10-12;/h2-4,9,11-12,17H,5-8,10H2,1H3,(H,18,19);1H. The minimum absolute atomic E-state index is 0. The lowest BCUT2D eigenvalue weighted by atomic mass is 10.1. The number of nitrogens with one attached hydrogen (secondary N) is 2. The van der Waals surface area contributed by atoms with E-state index in [2.05, 4.69) is 10.6 Å². The van der Waals surface area contributed by atoms with Crippen LogP contribution >= 0.6 is 12.4 Å². The fourth-order valence-corrected chi connectivity index (χ4v) is 2.30. The zero-order valence-electron chi connectivity index (χ0n) is 12.1. The van der Waals surface area contributed by atoms with Gasteiger partial charge in [-0.3, -0.25) is 4.79 Å². The van der Waals surface area contributed by atoms with Crippen LogP contribution in [0.5, 0.6) is 5.75 Å². The quantitative estimate of drug-likeness (QED) is 0.845. The summed E-state index contributed by atoms with van der Waals surface area (Å²) in [4.78, 5) is 11.9. The molecule has 1 heterocycles. The fraction of sp³-hybridized carbons (Fsp3) is 0.533. The number of halogens is 2. The average Bonchev–Trinajstić information content (AvgIpc) is 2.91. The molecule has 2 atom stereocenters. The highest BCUT2D eigenvalue weighted by Gasteiger charge is 2.17. The van der Waals surface area contributed by atoms with E-state index in [9.17, 15) is 9.18 Å². The summed E-state index contributed by atoms with van der Waals surface area (Å²) < 4.78 is 18.4. The van der Waals surface area contributed by atoms with Gasteiger partial charge in [0, 0.05) is 12.6 Å². The van der Waals surface area contributed by atoms with Gasteiger partial charge in [0.25, 0.3) is 5.91 Å². The summed E-state index contributed by atoms with van der Waals surface area (Å²) in [6, 6.07) is 5.81. The van der Waals surface area contributed by atoms with Gasteiger partial charge in [0.05, 0.1) is 0 Å². The van der Waals surface area contributed by atoms with Crippen molar-refractivity contribution in [3.63, 3.8) is 0 Å². The molecule has 118 valence electrons. The van der Waals surface area contributed by atoms with Crippen molar-refractivity contribution in [2.45, 2.75) is 25.9 Å². The van der Waals surface area contributed by atoms with Crippen LogP contribution < -0.4 is 15.4 Å². The van der Waals surface area contributed by atoms with Crippen molar-refractivity contribution in [3.05, 3.63) is 30.1 Å². The number of rotatable bonds is 6. The maximum Gasteiger partial charge on any atom is 0.260 e. The molecule has 2 N–H and O–H groups in total. The van der Waals surface area contributed by atoms with E-state index in [1.165, 1.54) is 18.6 Å². The van der Waals surface area contributed by atoms with Crippen LogP contribution in [0.4, 0.5) is 4.39 Å². The van der Waals surface area contributed by atoms with Gasteiger partial charge in [-0.2, -0.15) is 0 Å². The van der Waals surface area contributed by atoms with Crippen LogP contribution in [-0.2, 0) is 4.79 Å². The Morgan fingerprint density at radius 2 is 2.38 bits per heavy atom. The number of ether oxygens (including phenoxy) is 1. The molecule has 0 saturated carbocycles. The van der Waals surface area contributed by atoms with E-state index >= 15 is 0 Å². The lowest BCUT2D eigenvalue weighted by molar-refractivity contribution is -0.127. The molecule has 1 saturated heterocycles. The summed E-state index contributed by atoms with van der Waals surface area (Å²) in [6.07, 6.45) is 1.52. The molecule has 0 aliphatic carbocycles. The first-order valence-electron chi connectivity index (χ1n) is 7.06. The molecule has 0 spiro atoms. The van der Waals surface area contributed by atoms with Gasteiger partial charge in [-0.05, 0) is 50.9 Å². The Bertz CT molecular complexity index is 453. The molecular formula is C15H22ClFN2O2. The fourth-order valence-electron chi connectivity index (χ4n) is 2.30. The highest BCUT2D eigenvalue weighted by molar-refractivity contribution is 5.85. The molecule has 1 aromatic carbocycles. The Balaban J connectivity index is 0.00000220. The van der Waals surface area contributed by atoms with Crippen LogP contribution in [-0.4, -0.2) is 31.6 Å². The SMILES string of the molecule is CC(Oc1cccc(F)c1)C(=O)NCCC1CCNC1.Cl. The first kappa shape index (κ1) is 17.7. The first-order chi connectivity index (χ1) is 9.65. The molecule has 1 amide bonds. The first-order valence-corrected chi connectivity index (χ1v) is 7.06. The third-order valence-electron chi connectivity index (χ3n) is 3.49. The van der Waals surface area contributed by atoms with Gasteiger partial charge in [-0.1, -0.05) is 6.07 Å². The van der Waals surface area contributed by atoms with Crippen molar-refractivity contribution in [3.8, 4) is 5.75 Å². The van der Waals surface area contributed by atoms with Gasteiger partial charge in [0.1, 0.15) is 11.6 Å². The number of hydrogen-bond acceptors (Lipinski definition) is 3. The second-order valence-electron chi connectivity index (χ2n) is 5.16. The Morgan fingerprint density at radius 1 is 1.57 bits per heavy atom. The van der Waals surface area contributed by atoms with Crippen molar-refractivity contribution in [2.24, 2.45) is 5.92 Å². The zero-order valence-corrected chi connectivity index (χ0v) is 12.9. The Kier molecular flexibility index (Phi) is 7.47. The molecule has 1 aliphatic rings. The summed E-state index contributed by atoms with van der Waals surface area (Å²) in [5, 5.41) is 6.16. The van der Waals surface area contributed by atoms with Gasteiger partial charge >= 0.3 is 0 Å². The van der Waals surface area contributed by atoms with E-state index in [1.54, 1.807) is 19.1 Å². The number of benzene rings is 1. The number of hydrogen-bond donors (Lipinski definition) is 2. The maximum atomic E-state index is 13.0. The van der Waals surface area contributed by atoms with Crippen LogP contribution in [0.1, 0.15) is 19.8 Å². The smallest absolute Gasteiger partial charge is 0.260 e. The van der Waals surface area contributed by atoms with Crippen LogP contribution in [0.3, 0.4) is 0 Å². The van der Waals surface area contributed by atoms with Crippen molar-refractivity contribution in [1.29, 1.82) is 0 Å². The summed E-state index contributed by atoms with van der Waals surface area (Å²) in [5.41, 5.74) is 0. The van der Waals surface area contributed by atoms with Gasteiger partial charge in [-0.15, -0.1) is 12.4 Å².